The van der Waals surface area contributed by atoms with Gasteiger partial charge in [0, 0.05) is 15.6 Å². The van der Waals surface area contributed by atoms with Gasteiger partial charge in [-0.25, -0.2) is 13.8 Å². The van der Waals surface area contributed by atoms with E-state index < -0.39 is 36.8 Å². The second kappa shape index (κ2) is 12.5. The van der Waals surface area contributed by atoms with E-state index in [9.17, 15) is 22.4 Å². The maximum atomic E-state index is 12.8. The molecule has 1 atom stereocenters. The Morgan fingerprint density at radius 1 is 1.38 bits per heavy atom. The van der Waals surface area contributed by atoms with Gasteiger partial charge in [0.1, 0.15) is 12.6 Å². The van der Waals surface area contributed by atoms with E-state index in [-0.39, 0.29) is 8.55 Å². The van der Waals surface area contributed by atoms with Crippen LogP contribution in [0.3, 0.4) is 0 Å². The van der Waals surface area contributed by atoms with Crippen LogP contribution in [0.4, 0.5) is 23.4 Å². The molecule has 1 aromatic rings. The summed E-state index contributed by atoms with van der Waals surface area (Å²) in [5.74, 6) is -4.16. The fourth-order valence-corrected chi connectivity index (χ4v) is 2.29. The average molecular weight is 465 g/mol. The third-order valence-corrected chi connectivity index (χ3v) is 4.34. The number of hydrogen-bond acceptors (Lipinski definition) is 7. The molecule has 12 heteroatoms. The van der Waals surface area contributed by atoms with Crippen LogP contribution in [-0.4, -0.2) is 43.2 Å². The van der Waals surface area contributed by atoms with Crippen molar-refractivity contribution in [1.29, 1.82) is 0 Å². The number of hydrogen-bond donors (Lipinski definition) is 4. The predicted molar refractivity (Wildman–Crippen MR) is 115 cm³/mol. The van der Waals surface area contributed by atoms with Crippen molar-refractivity contribution in [2.75, 3.05) is 18.5 Å². The van der Waals surface area contributed by atoms with E-state index in [1.165, 1.54) is 12.8 Å². The molecule has 0 spiro atoms. The molecule has 0 radical (unpaired) electrons. The monoisotopic (exact) mass is 465 g/mol. The lowest BCUT2D eigenvalue weighted by Crippen LogP contribution is -2.33. The van der Waals surface area contributed by atoms with Gasteiger partial charge in [-0.1, -0.05) is 0 Å². The molecule has 0 aromatic carbocycles. The maximum absolute atomic E-state index is 12.8. The molecule has 1 aromatic heterocycles. The largest absolute Gasteiger partial charge is 0.473 e. The second-order valence-corrected chi connectivity index (χ2v) is 7.04. The molecule has 1 aliphatic rings. The lowest BCUT2D eigenvalue weighted by molar-refractivity contribution is -0.158. The van der Waals surface area contributed by atoms with Gasteiger partial charge in [-0.2, -0.15) is 8.78 Å². The number of pyridine rings is 1. The highest BCUT2D eigenvalue weighted by atomic mass is 19.3. The lowest BCUT2D eigenvalue weighted by atomic mass is 10.1. The Kier molecular flexibility index (Phi) is 10.5. The lowest BCUT2D eigenvalue weighted by Gasteiger charge is -2.16. The number of amides is 1. The SMILES string of the molecule is C=O.CC(NC(=O)/C(N)=C/C=C(\N)OCC(F)(F)C(F)F)c1ccnc(NCC2CC2)c1.[HH].[HH]. The van der Waals surface area contributed by atoms with Crippen LogP contribution in [0.5, 0.6) is 0 Å². The van der Waals surface area contributed by atoms with E-state index in [4.69, 9.17) is 16.3 Å². The molecule has 1 unspecified atom stereocenters. The van der Waals surface area contributed by atoms with Crippen molar-refractivity contribution in [1.82, 2.24) is 10.3 Å². The molecule has 1 amide bonds. The van der Waals surface area contributed by atoms with Crippen molar-refractivity contribution in [3.05, 3.63) is 47.6 Å². The number of carbonyl (C=O) groups is 2. The van der Waals surface area contributed by atoms with Gasteiger partial charge in [0.15, 0.2) is 12.5 Å². The van der Waals surface area contributed by atoms with E-state index in [1.54, 1.807) is 19.2 Å². The minimum absolute atomic E-state index is 0. The highest BCUT2D eigenvalue weighted by molar-refractivity contribution is 5.93. The zero-order valence-corrected chi connectivity index (χ0v) is 17.5. The van der Waals surface area contributed by atoms with Crippen LogP contribution < -0.4 is 22.1 Å². The summed E-state index contributed by atoms with van der Waals surface area (Å²) in [4.78, 5) is 24.4. The smallest absolute Gasteiger partial charge is 0.340 e. The van der Waals surface area contributed by atoms with E-state index in [1.807, 2.05) is 12.9 Å². The summed E-state index contributed by atoms with van der Waals surface area (Å²) in [5, 5.41) is 5.92. The number of rotatable bonds is 11. The highest BCUT2D eigenvalue weighted by Crippen LogP contribution is 2.29. The summed E-state index contributed by atoms with van der Waals surface area (Å²) >= 11 is 0. The molecule has 6 N–H and O–H groups in total. The predicted octanol–water partition coefficient (Wildman–Crippen LogP) is 2.95. The number of carbonyl (C=O) groups excluding carboxylic acids is 2. The van der Waals surface area contributed by atoms with Gasteiger partial charge in [0.25, 0.3) is 5.91 Å². The number of halogens is 4. The van der Waals surface area contributed by atoms with Crippen LogP contribution in [0.25, 0.3) is 0 Å². The maximum Gasteiger partial charge on any atom is 0.340 e. The minimum Gasteiger partial charge on any atom is -0.473 e. The van der Waals surface area contributed by atoms with Gasteiger partial charge in [-0.05, 0) is 55.5 Å². The molecule has 1 aliphatic carbocycles. The quantitative estimate of drug-likeness (QED) is 0.171. The summed E-state index contributed by atoms with van der Waals surface area (Å²) in [5.41, 5.74) is 11.5. The summed E-state index contributed by atoms with van der Waals surface area (Å²) in [6.07, 6.45) is 2.14. The number of aromatic nitrogens is 1. The number of ether oxygens (including phenoxy) is 1. The number of alkyl halides is 4. The fourth-order valence-electron chi connectivity index (χ4n) is 2.29. The van der Waals surface area contributed by atoms with E-state index >= 15 is 0 Å². The molecule has 0 saturated heterocycles. The number of nitrogens with two attached hydrogens (primary N) is 2. The van der Waals surface area contributed by atoms with Gasteiger partial charge in [0.2, 0.25) is 0 Å². The van der Waals surface area contributed by atoms with Crippen LogP contribution in [0.2, 0.25) is 0 Å². The van der Waals surface area contributed by atoms with Gasteiger partial charge >= 0.3 is 12.3 Å². The van der Waals surface area contributed by atoms with E-state index in [2.05, 4.69) is 20.4 Å². The van der Waals surface area contributed by atoms with Crippen LogP contribution in [0.15, 0.2) is 42.1 Å². The first-order valence-electron chi connectivity index (χ1n) is 9.59. The summed E-state index contributed by atoms with van der Waals surface area (Å²) in [6.45, 7) is 3.01. The summed E-state index contributed by atoms with van der Waals surface area (Å²) < 4.78 is 54.1. The average Bonchev–Trinajstić information content (AvgIpc) is 3.60. The van der Waals surface area contributed by atoms with Crippen molar-refractivity contribution in [2.24, 2.45) is 17.4 Å². The van der Waals surface area contributed by atoms with Crippen molar-refractivity contribution in [3.63, 3.8) is 0 Å². The van der Waals surface area contributed by atoms with Gasteiger partial charge in [-0.3, -0.25) is 4.79 Å². The van der Waals surface area contributed by atoms with Crippen LogP contribution >= 0.6 is 0 Å². The zero-order chi connectivity index (χ0) is 24.3. The Morgan fingerprint density at radius 3 is 2.62 bits per heavy atom. The Balaban J connectivity index is 0. The zero-order valence-electron chi connectivity index (χ0n) is 17.5. The van der Waals surface area contributed by atoms with Crippen molar-refractivity contribution in [2.45, 2.75) is 38.2 Å². The first-order chi connectivity index (χ1) is 15.1. The van der Waals surface area contributed by atoms with E-state index in [0.29, 0.717) is 11.7 Å². The summed E-state index contributed by atoms with van der Waals surface area (Å²) in [7, 11) is 0. The van der Waals surface area contributed by atoms with Gasteiger partial charge in [0.05, 0.1) is 11.7 Å². The normalized spacial score (nSPS) is 15.4. The van der Waals surface area contributed by atoms with Crippen molar-refractivity contribution in [3.8, 4) is 0 Å². The number of nitrogens with zero attached hydrogens (tertiary/aromatic N) is 1. The Labute approximate surface area is 186 Å². The van der Waals surface area contributed by atoms with E-state index in [0.717, 1.165) is 24.3 Å². The first kappa shape index (κ1) is 26.7. The number of allylic oxidation sites excluding steroid dienone is 2. The second-order valence-electron chi connectivity index (χ2n) is 7.04. The van der Waals surface area contributed by atoms with Crippen LogP contribution in [-0.2, 0) is 14.3 Å². The van der Waals surface area contributed by atoms with Crippen LogP contribution in [0, 0.1) is 5.92 Å². The minimum atomic E-state index is -4.34. The molecule has 1 saturated carbocycles. The van der Waals surface area contributed by atoms with Gasteiger partial charge in [-0.15, -0.1) is 0 Å². The molecule has 8 nitrogen and oxygen atoms in total. The molecule has 2 rings (SSSR count). The van der Waals surface area contributed by atoms with Crippen LogP contribution in [0.1, 0.15) is 34.2 Å². The first-order valence-corrected chi connectivity index (χ1v) is 9.59. The fraction of sp³-hybridized carbons (Fsp3) is 0.450. The molecule has 1 heterocycles. The molecule has 182 valence electrons. The molecule has 0 bridgehead atoms. The molecule has 0 aliphatic heterocycles. The third-order valence-electron chi connectivity index (χ3n) is 4.34. The molecule has 32 heavy (non-hydrogen) atoms. The Bertz CT molecular complexity index is 827. The van der Waals surface area contributed by atoms with Crippen molar-refractivity contribution >= 4 is 18.5 Å². The number of nitrogens with one attached hydrogen (secondary N) is 2. The molecule has 1 fully saturated rings. The standard InChI is InChI=1S/C19H25F4N5O2.CH2O.2H2/c1-11(13-6-7-26-16(8-13)27-9-12-2-3-12)28-17(29)14(24)4-5-15(25)30-10-19(22,23)18(20)21;1-2;;/h4-8,11-12,18H,2-3,9-10,24-25H2,1H3,(H,26,27)(H,28,29);1H2;2*1H/b14-4-,15-5+;;;. The number of anilines is 1. The van der Waals surface area contributed by atoms with Crippen molar-refractivity contribution < 1.29 is 34.7 Å². The summed E-state index contributed by atoms with van der Waals surface area (Å²) in [6, 6.07) is 3.18. The molecular weight excluding hydrogens is 434 g/mol. The third kappa shape index (κ3) is 9.23. The topological polar surface area (TPSA) is 132 Å². The Morgan fingerprint density at radius 2 is 2.03 bits per heavy atom. The highest BCUT2D eigenvalue weighted by Gasteiger charge is 2.41. The molecular formula is C20H31F4N5O3. The Hall–Kier alpha value is -3.31. The van der Waals surface area contributed by atoms with Gasteiger partial charge < -0.3 is 31.6 Å².